The molecular weight excluding hydrogens is 330 g/mol. The fraction of sp³-hybridized carbons (Fsp3) is 0.647. The number of methoxy groups -OCH3 is 1. The van der Waals surface area contributed by atoms with Crippen molar-refractivity contribution in [3.8, 4) is 5.88 Å². The zero-order valence-corrected chi connectivity index (χ0v) is 15.7. The molecule has 1 aromatic heterocycles. The zero-order valence-electron chi connectivity index (χ0n) is 15.0. The summed E-state index contributed by atoms with van der Waals surface area (Å²) in [6.45, 7) is 9.10. The molecule has 2 rings (SSSR count). The van der Waals surface area contributed by atoms with E-state index in [1.807, 2.05) is 27.7 Å². The lowest BCUT2D eigenvalue weighted by molar-refractivity contribution is 0.0497. The van der Waals surface area contributed by atoms with E-state index in [1.54, 1.807) is 13.2 Å². The van der Waals surface area contributed by atoms with Crippen molar-refractivity contribution in [3.05, 3.63) is 16.7 Å². The molecule has 0 bridgehead atoms. The van der Waals surface area contributed by atoms with E-state index in [4.69, 9.17) is 21.1 Å². The molecule has 1 saturated heterocycles. The van der Waals surface area contributed by atoms with E-state index in [-0.39, 0.29) is 12.1 Å². The number of carbonyl (C=O) groups excluding carboxylic acids is 1. The molecular formula is C17H26ClN3O3. The molecule has 0 atom stereocenters. The van der Waals surface area contributed by atoms with Gasteiger partial charge in [0, 0.05) is 30.8 Å². The number of halogens is 1. The van der Waals surface area contributed by atoms with Crippen LogP contribution in [0.3, 0.4) is 0 Å². The third-order valence-electron chi connectivity index (χ3n) is 3.88. The second kappa shape index (κ2) is 7.47. The minimum atomic E-state index is -0.483. The van der Waals surface area contributed by atoms with E-state index in [2.05, 4.69) is 15.2 Å². The van der Waals surface area contributed by atoms with Crippen LogP contribution in [0.1, 0.15) is 39.2 Å². The Bertz CT molecular complexity index is 593. The predicted molar refractivity (Wildman–Crippen MR) is 95.1 cm³/mol. The summed E-state index contributed by atoms with van der Waals surface area (Å²) < 4.78 is 10.5. The molecule has 1 amide bonds. The van der Waals surface area contributed by atoms with Gasteiger partial charge in [-0.3, -0.25) is 0 Å². The van der Waals surface area contributed by atoms with Gasteiger partial charge in [-0.1, -0.05) is 11.6 Å². The third-order valence-corrected chi connectivity index (χ3v) is 4.28. The molecule has 0 spiro atoms. The van der Waals surface area contributed by atoms with E-state index < -0.39 is 5.60 Å². The average Bonchev–Trinajstić information content (AvgIpc) is 2.49. The summed E-state index contributed by atoms with van der Waals surface area (Å²) in [5, 5.41) is 3.58. The summed E-state index contributed by atoms with van der Waals surface area (Å²) >= 11 is 6.26. The van der Waals surface area contributed by atoms with Crippen molar-refractivity contribution in [1.82, 2.24) is 10.3 Å². The second-order valence-corrected chi connectivity index (χ2v) is 7.41. The average molecular weight is 356 g/mol. The number of hydrogen-bond acceptors (Lipinski definition) is 5. The van der Waals surface area contributed by atoms with Crippen molar-refractivity contribution in [2.24, 2.45) is 0 Å². The minimum absolute atomic E-state index is 0.109. The smallest absolute Gasteiger partial charge is 0.407 e. The largest absolute Gasteiger partial charge is 0.481 e. The number of rotatable bonds is 3. The summed E-state index contributed by atoms with van der Waals surface area (Å²) in [5.41, 5.74) is 0.458. The lowest BCUT2D eigenvalue weighted by atomic mass is 10.0. The highest BCUT2D eigenvalue weighted by Gasteiger charge is 2.25. The summed E-state index contributed by atoms with van der Waals surface area (Å²) in [7, 11) is 1.58. The minimum Gasteiger partial charge on any atom is -0.481 e. The molecule has 134 valence electrons. The Hall–Kier alpha value is -1.69. The highest BCUT2D eigenvalue weighted by atomic mass is 35.5. The maximum Gasteiger partial charge on any atom is 0.407 e. The number of pyridine rings is 1. The Kier molecular flexibility index (Phi) is 5.80. The normalized spacial score (nSPS) is 16.0. The zero-order chi connectivity index (χ0) is 17.9. The van der Waals surface area contributed by atoms with Crippen molar-refractivity contribution < 1.29 is 14.3 Å². The lowest BCUT2D eigenvalue weighted by Crippen LogP contribution is -2.46. The SMILES string of the molecule is COc1cc(Cl)c(C)c(N2CCC(NC(=O)OC(C)(C)C)CC2)n1. The highest BCUT2D eigenvalue weighted by molar-refractivity contribution is 6.31. The first kappa shape index (κ1) is 18.6. The molecule has 0 unspecified atom stereocenters. The number of carbonyl (C=O) groups is 1. The van der Waals surface area contributed by atoms with Gasteiger partial charge in [0.05, 0.1) is 12.1 Å². The molecule has 1 fully saturated rings. The molecule has 7 heteroatoms. The van der Waals surface area contributed by atoms with Crippen molar-refractivity contribution in [3.63, 3.8) is 0 Å². The topological polar surface area (TPSA) is 63.7 Å². The van der Waals surface area contributed by atoms with Crippen LogP contribution in [0.4, 0.5) is 10.6 Å². The fourth-order valence-electron chi connectivity index (χ4n) is 2.67. The number of aromatic nitrogens is 1. The van der Waals surface area contributed by atoms with Gasteiger partial charge in [-0.2, -0.15) is 4.98 Å². The van der Waals surface area contributed by atoms with Crippen molar-refractivity contribution in [1.29, 1.82) is 0 Å². The van der Waals surface area contributed by atoms with Gasteiger partial charge in [-0.25, -0.2) is 4.79 Å². The van der Waals surface area contributed by atoms with Crippen LogP contribution in [0.25, 0.3) is 0 Å². The number of anilines is 1. The van der Waals surface area contributed by atoms with Gasteiger partial charge in [0.25, 0.3) is 0 Å². The maximum atomic E-state index is 11.9. The molecule has 2 heterocycles. The Morgan fingerprint density at radius 1 is 1.38 bits per heavy atom. The second-order valence-electron chi connectivity index (χ2n) is 7.00. The number of piperidine rings is 1. The summed E-state index contributed by atoms with van der Waals surface area (Å²) in [6, 6.07) is 1.83. The summed E-state index contributed by atoms with van der Waals surface area (Å²) in [5.74, 6) is 1.35. The molecule has 24 heavy (non-hydrogen) atoms. The van der Waals surface area contributed by atoms with Crippen LogP contribution in [0.5, 0.6) is 5.88 Å². The highest BCUT2D eigenvalue weighted by Crippen LogP contribution is 2.30. The molecule has 1 N–H and O–H groups in total. The van der Waals surface area contributed by atoms with Gasteiger partial charge in [0.15, 0.2) is 0 Å². The number of hydrogen-bond donors (Lipinski definition) is 1. The van der Waals surface area contributed by atoms with Crippen LogP contribution in [0.15, 0.2) is 6.07 Å². The van der Waals surface area contributed by atoms with E-state index in [0.29, 0.717) is 10.9 Å². The van der Waals surface area contributed by atoms with E-state index in [1.165, 1.54) is 0 Å². The van der Waals surface area contributed by atoms with E-state index >= 15 is 0 Å². The lowest BCUT2D eigenvalue weighted by Gasteiger charge is -2.34. The molecule has 1 aliphatic rings. The standard InChI is InChI=1S/C17H26ClN3O3/c1-11-13(18)10-14(23-5)20-15(11)21-8-6-12(7-9-21)19-16(22)24-17(2,3)4/h10,12H,6-9H2,1-5H3,(H,19,22). The maximum absolute atomic E-state index is 11.9. The van der Waals surface area contributed by atoms with E-state index in [9.17, 15) is 4.79 Å². The van der Waals surface area contributed by atoms with Crippen molar-refractivity contribution in [2.75, 3.05) is 25.1 Å². The molecule has 6 nitrogen and oxygen atoms in total. The summed E-state index contributed by atoms with van der Waals surface area (Å²) in [4.78, 5) is 18.6. The number of alkyl carbamates (subject to hydrolysis) is 1. The Balaban J connectivity index is 1.96. The number of ether oxygens (including phenoxy) is 2. The van der Waals surface area contributed by atoms with Gasteiger partial charge in [0.1, 0.15) is 11.4 Å². The Morgan fingerprint density at radius 2 is 2.00 bits per heavy atom. The first-order chi connectivity index (χ1) is 11.2. The quantitative estimate of drug-likeness (QED) is 0.898. The number of nitrogens with zero attached hydrogens (tertiary/aromatic N) is 2. The molecule has 1 aliphatic heterocycles. The van der Waals surface area contributed by atoms with Crippen LogP contribution in [-0.4, -0.2) is 42.9 Å². The molecule has 0 aromatic carbocycles. The Morgan fingerprint density at radius 3 is 2.54 bits per heavy atom. The molecule has 0 aliphatic carbocycles. The molecule has 0 radical (unpaired) electrons. The monoisotopic (exact) mass is 355 g/mol. The van der Waals surface area contributed by atoms with Gasteiger partial charge >= 0.3 is 6.09 Å². The number of amides is 1. The Labute approximate surface area is 148 Å². The van der Waals surface area contributed by atoms with Crippen LogP contribution >= 0.6 is 11.6 Å². The van der Waals surface area contributed by atoms with Crippen LogP contribution in [0.2, 0.25) is 5.02 Å². The first-order valence-electron chi connectivity index (χ1n) is 8.15. The number of nitrogens with one attached hydrogen (secondary N) is 1. The predicted octanol–water partition coefficient (Wildman–Crippen LogP) is 3.55. The first-order valence-corrected chi connectivity index (χ1v) is 8.53. The van der Waals surface area contributed by atoms with Gasteiger partial charge in [-0.05, 0) is 40.5 Å². The third kappa shape index (κ3) is 4.90. The summed E-state index contributed by atoms with van der Waals surface area (Å²) in [6.07, 6.45) is 1.30. The van der Waals surface area contributed by atoms with Crippen molar-refractivity contribution >= 4 is 23.5 Å². The molecule has 1 aromatic rings. The molecule has 0 saturated carbocycles. The van der Waals surface area contributed by atoms with Gasteiger partial charge in [-0.15, -0.1) is 0 Å². The van der Waals surface area contributed by atoms with Crippen LogP contribution < -0.4 is 15.0 Å². The fourth-order valence-corrected chi connectivity index (χ4v) is 2.84. The van der Waals surface area contributed by atoms with Crippen LogP contribution in [-0.2, 0) is 4.74 Å². The van der Waals surface area contributed by atoms with Gasteiger partial charge < -0.3 is 19.7 Å². The van der Waals surface area contributed by atoms with Crippen molar-refractivity contribution in [2.45, 2.75) is 52.2 Å². The van der Waals surface area contributed by atoms with Crippen LogP contribution in [0, 0.1) is 6.92 Å². The van der Waals surface area contributed by atoms with Gasteiger partial charge in [0.2, 0.25) is 5.88 Å². The van der Waals surface area contributed by atoms with E-state index in [0.717, 1.165) is 37.3 Å².